The van der Waals surface area contributed by atoms with Crippen LogP contribution in [0.5, 0.6) is 5.75 Å². The van der Waals surface area contributed by atoms with Crippen LogP contribution in [0.1, 0.15) is 75.6 Å². The molecule has 1 N–H and O–H groups in total. The number of carbonyl (C=O) groups is 1. The number of ether oxygens (including phenoxy) is 1. The molecule has 1 saturated heterocycles. The molecule has 40 heavy (non-hydrogen) atoms. The summed E-state index contributed by atoms with van der Waals surface area (Å²) in [5.41, 5.74) is 4.83. The first-order valence-corrected chi connectivity index (χ1v) is 15.3. The Bertz CT molecular complexity index is 1410. The van der Waals surface area contributed by atoms with Crippen molar-refractivity contribution < 1.29 is 9.53 Å². The van der Waals surface area contributed by atoms with Gasteiger partial charge in [0, 0.05) is 47.9 Å². The molecule has 7 nitrogen and oxygen atoms in total. The van der Waals surface area contributed by atoms with Gasteiger partial charge >= 0.3 is 0 Å². The number of H-pyrrole nitrogens is 1. The van der Waals surface area contributed by atoms with E-state index in [1.807, 2.05) is 23.1 Å². The molecule has 1 aliphatic rings. The number of hydrogen-bond acceptors (Lipinski definition) is 4. The van der Waals surface area contributed by atoms with Gasteiger partial charge in [-0.15, -0.1) is 0 Å². The van der Waals surface area contributed by atoms with Gasteiger partial charge in [0.1, 0.15) is 11.6 Å². The van der Waals surface area contributed by atoms with E-state index < -0.39 is 0 Å². The van der Waals surface area contributed by atoms with E-state index in [1.54, 1.807) is 7.11 Å². The van der Waals surface area contributed by atoms with Crippen molar-refractivity contribution in [3.8, 4) is 17.1 Å². The van der Waals surface area contributed by atoms with Gasteiger partial charge in [0.25, 0.3) is 5.91 Å². The Morgan fingerprint density at radius 2 is 1.75 bits per heavy atom. The van der Waals surface area contributed by atoms with Crippen LogP contribution in [0, 0.1) is 0 Å². The van der Waals surface area contributed by atoms with Crippen molar-refractivity contribution in [2.45, 2.75) is 71.8 Å². The Morgan fingerprint density at radius 3 is 2.48 bits per heavy atom. The molecular formula is C33H45N5O2. The van der Waals surface area contributed by atoms with Gasteiger partial charge in [-0.05, 0) is 88.1 Å². The second-order valence-electron chi connectivity index (χ2n) is 11.2. The Hall–Kier alpha value is -3.32. The van der Waals surface area contributed by atoms with Crippen molar-refractivity contribution in [1.29, 1.82) is 0 Å². The van der Waals surface area contributed by atoms with Gasteiger partial charge in [0.15, 0.2) is 0 Å². The molecule has 2 aromatic heterocycles. The van der Waals surface area contributed by atoms with Crippen molar-refractivity contribution in [3.05, 3.63) is 48.2 Å². The third-order valence-electron chi connectivity index (χ3n) is 8.28. The first-order valence-electron chi connectivity index (χ1n) is 15.3. The normalized spacial score (nSPS) is 14.3. The molecule has 1 aliphatic heterocycles. The van der Waals surface area contributed by atoms with Gasteiger partial charge < -0.3 is 24.1 Å². The lowest BCUT2D eigenvalue weighted by molar-refractivity contribution is 0.0751. The molecule has 0 aliphatic carbocycles. The average Bonchev–Trinajstić information content (AvgIpc) is 3.57. The van der Waals surface area contributed by atoms with Gasteiger partial charge in [-0.25, -0.2) is 4.98 Å². The minimum absolute atomic E-state index is 0.128. The highest BCUT2D eigenvalue weighted by atomic mass is 16.5. The van der Waals surface area contributed by atoms with E-state index in [9.17, 15) is 4.79 Å². The van der Waals surface area contributed by atoms with Crippen LogP contribution in [0.15, 0.2) is 42.6 Å². The van der Waals surface area contributed by atoms with Crippen LogP contribution in [0.2, 0.25) is 0 Å². The summed E-state index contributed by atoms with van der Waals surface area (Å²) in [7, 11) is 1.70. The van der Waals surface area contributed by atoms with Crippen LogP contribution in [0.25, 0.3) is 33.3 Å². The van der Waals surface area contributed by atoms with Gasteiger partial charge in [-0.2, -0.15) is 0 Å². The zero-order valence-corrected chi connectivity index (χ0v) is 24.5. The predicted molar refractivity (Wildman–Crippen MR) is 164 cm³/mol. The first kappa shape index (κ1) is 28.2. The molecule has 7 heteroatoms. The Balaban J connectivity index is 1.52. The zero-order chi connectivity index (χ0) is 27.9. The summed E-state index contributed by atoms with van der Waals surface area (Å²) in [6.45, 7) is 10.3. The molecule has 5 rings (SSSR count). The summed E-state index contributed by atoms with van der Waals surface area (Å²) in [6.07, 6.45) is 11.3. The number of aromatic amines is 1. The SMILES string of the molecule is CCCCN(CCCC)C(=O)c1ccc2nc(-c3c[nH]c4ccc(OC)cc34)n(CCCN3CCCCC3)c2c1. The van der Waals surface area contributed by atoms with E-state index in [0.717, 1.165) is 103 Å². The van der Waals surface area contributed by atoms with E-state index in [2.05, 4.69) is 52.7 Å². The highest BCUT2D eigenvalue weighted by Gasteiger charge is 2.21. The Kier molecular flexibility index (Phi) is 9.42. The number of methoxy groups -OCH3 is 1. The zero-order valence-electron chi connectivity index (χ0n) is 24.5. The lowest BCUT2D eigenvalue weighted by Crippen LogP contribution is -2.33. The van der Waals surface area contributed by atoms with E-state index in [4.69, 9.17) is 9.72 Å². The summed E-state index contributed by atoms with van der Waals surface area (Å²) in [6, 6.07) is 12.2. The van der Waals surface area contributed by atoms with Crippen molar-refractivity contribution in [2.75, 3.05) is 39.8 Å². The molecule has 1 fully saturated rings. The van der Waals surface area contributed by atoms with Crippen LogP contribution >= 0.6 is 0 Å². The standard InChI is InChI=1S/C33H45N5O2/c1-4-6-19-37(20-7-5-2)33(39)25-12-14-30-31(22-25)38(21-11-18-36-16-9-8-10-17-36)32(35-30)28-24-34-29-15-13-26(40-3)23-27(28)29/h12-15,22-24,34H,4-11,16-21H2,1-3H3. The third-order valence-corrected chi connectivity index (χ3v) is 8.28. The number of benzene rings is 2. The number of nitrogens with one attached hydrogen (secondary N) is 1. The van der Waals surface area contributed by atoms with Crippen molar-refractivity contribution in [3.63, 3.8) is 0 Å². The molecule has 0 bridgehead atoms. The number of rotatable bonds is 13. The van der Waals surface area contributed by atoms with E-state index in [1.165, 1.54) is 32.4 Å². The number of hydrogen-bond donors (Lipinski definition) is 1. The molecule has 3 heterocycles. The maximum atomic E-state index is 13.7. The van der Waals surface area contributed by atoms with E-state index >= 15 is 0 Å². The number of amides is 1. The van der Waals surface area contributed by atoms with Crippen LogP contribution in [-0.2, 0) is 6.54 Å². The van der Waals surface area contributed by atoms with Crippen molar-refractivity contribution in [1.82, 2.24) is 24.3 Å². The lowest BCUT2D eigenvalue weighted by atomic mass is 10.1. The summed E-state index contributed by atoms with van der Waals surface area (Å²) in [5, 5.41) is 1.09. The fourth-order valence-electron chi connectivity index (χ4n) is 5.93. The molecule has 2 aromatic carbocycles. The second-order valence-corrected chi connectivity index (χ2v) is 11.2. The maximum absolute atomic E-state index is 13.7. The van der Waals surface area contributed by atoms with Gasteiger partial charge in [0.05, 0.1) is 18.1 Å². The second kappa shape index (κ2) is 13.4. The summed E-state index contributed by atoms with van der Waals surface area (Å²) >= 11 is 0. The molecule has 0 saturated carbocycles. The van der Waals surface area contributed by atoms with Crippen molar-refractivity contribution in [2.24, 2.45) is 0 Å². The number of fused-ring (bicyclic) bond motifs is 2. The number of unbranched alkanes of at least 4 members (excludes halogenated alkanes) is 2. The van der Waals surface area contributed by atoms with Gasteiger partial charge in [0.2, 0.25) is 0 Å². The molecule has 0 spiro atoms. The molecule has 0 radical (unpaired) electrons. The number of aromatic nitrogens is 3. The number of carbonyl (C=O) groups excluding carboxylic acids is 1. The van der Waals surface area contributed by atoms with Gasteiger partial charge in [-0.1, -0.05) is 33.1 Å². The Morgan fingerprint density at radius 1 is 0.975 bits per heavy atom. The number of aryl methyl sites for hydroxylation is 1. The highest BCUT2D eigenvalue weighted by Crippen LogP contribution is 2.33. The molecule has 0 atom stereocenters. The Labute approximate surface area is 238 Å². The summed E-state index contributed by atoms with van der Waals surface area (Å²) in [5.74, 6) is 1.89. The van der Waals surface area contributed by atoms with Crippen LogP contribution in [0.3, 0.4) is 0 Å². The molecule has 4 aromatic rings. The third kappa shape index (κ3) is 6.20. The lowest BCUT2D eigenvalue weighted by Gasteiger charge is -2.26. The fourth-order valence-corrected chi connectivity index (χ4v) is 5.93. The van der Waals surface area contributed by atoms with Crippen molar-refractivity contribution >= 4 is 27.8 Å². The maximum Gasteiger partial charge on any atom is 0.253 e. The fraction of sp³-hybridized carbons (Fsp3) is 0.515. The number of piperidine rings is 1. The van der Waals surface area contributed by atoms with E-state index in [-0.39, 0.29) is 5.91 Å². The quantitative estimate of drug-likeness (QED) is 0.195. The highest BCUT2D eigenvalue weighted by molar-refractivity contribution is 6.00. The van der Waals surface area contributed by atoms with E-state index in [0.29, 0.717) is 0 Å². The van der Waals surface area contributed by atoms with Gasteiger partial charge in [-0.3, -0.25) is 4.79 Å². The topological polar surface area (TPSA) is 66.4 Å². The molecule has 1 amide bonds. The number of nitrogens with zero attached hydrogens (tertiary/aromatic N) is 4. The predicted octanol–water partition coefficient (Wildman–Crippen LogP) is 7.11. The minimum Gasteiger partial charge on any atom is -0.497 e. The number of imidazole rings is 1. The minimum atomic E-state index is 0.128. The van der Waals surface area contributed by atoms with Crippen LogP contribution < -0.4 is 4.74 Å². The number of likely N-dealkylation sites (tertiary alicyclic amines) is 1. The average molecular weight is 544 g/mol. The first-order chi connectivity index (χ1) is 19.6. The van der Waals surface area contributed by atoms with Crippen LogP contribution in [0.4, 0.5) is 0 Å². The molecule has 214 valence electrons. The summed E-state index contributed by atoms with van der Waals surface area (Å²) in [4.78, 5) is 26.9. The smallest absolute Gasteiger partial charge is 0.253 e. The van der Waals surface area contributed by atoms with Crippen LogP contribution in [-0.4, -0.2) is 70.1 Å². The molecule has 0 unspecified atom stereocenters. The largest absolute Gasteiger partial charge is 0.497 e. The summed E-state index contributed by atoms with van der Waals surface area (Å²) < 4.78 is 7.87. The monoisotopic (exact) mass is 543 g/mol. The molecular weight excluding hydrogens is 498 g/mol.